The van der Waals surface area contributed by atoms with Crippen LogP contribution in [0.2, 0.25) is 0 Å². The van der Waals surface area contributed by atoms with Crippen LogP contribution in [0, 0.1) is 0 Å². The predicted molar refractivity (Wildman–Crippen MR) is 98.8 cm³/mol. The minimum absolute atomic E-state index is 0.163. The van der Waals surface area contributed by atoms with Gasteiger partial charge >= 0.3 is 23.9 Å². The van der Waals surface area contributed by atoms with Gasteiger partial charge in [0.2, 0.25) is 12.4 Å². The van der Waals surface area contributed by atoms with Gasteiger partial charge in [-0.2, -0.15) is 0 Å². The van der Waals surface area contributed by atoms with E-state index >= 15 is 0 Å². The SMILES string of the molecule is COC(=O)[C@H]1O[C@@H](Oc2ccccc2N)[C@H](OC(C)=O)[C@@H](OC(C)=O)[C@@H]1OC(C)=O. The summed E-state index contributed by atoms with van der Waals surface area (Å²) in [5.74, 6) is -3.08. The van der Waals surface area contributed by atoms with Crippen LogP contribution in [-0.4, -0.2) is 61.7 Å². The van der Waals surface area contributed by atoms with Crippen molar-refractivity contribution in [1.82, 2.24) is 0 Å². The average Bonchev–Trinajstić information content (AvgIpc) is 2.66. The van der Waals surface area contributed by atoms with E-state index in [-0.39, 0.29) is 11.4 Å². The molecule has 0 aromatic heterocycles. The highest BCUT2D eigenvalue weighted by Gasteiger charge is 2.55. The molecule has 11 heteroatoms. The Kier molecular flexibility index (Phi) is 7.59. The molecule has 0 radical (unpaired) electrons. The van der Waals surface area contributed by atoms with Crippen molar-refractivity contribution in [2.75, 3.05) is 12.8 Å². The number of para-hydroxylation sites is 2. The van der Waals surface area contributed by atoms with Crippen molar-refractivity contribution in [2.24, 2.45) is 0 Å². The molecule has 2 rings (SSSR count). The van der Waals surface area contributed by atoms with Crippen molar-refractivity contribution in [3.8, 4) is 5.75 Å². The van der Waals surface area contributed by atoms with Gasteiger partial charge in [0.05, 0.1) is 12.8 Å². The molecule has 0 amide bonds. The summed E-state index contributed by atoms with van der Waals surface area (Å²) in [5.41, 5.74) is 6.12. The molecule has 0 unspecified atom stereocenters. The zero-order valence-corrected chi connectivity index (χ0v) is 16.9. The maximum atomic E-state index is 12.3. The van der Waals surface area contributed by atoms with E-state index in [1.165, 1.54) is 6.07 Å². The van der Waals surface area contributed by atoms with Crippen LogP contribution in [0.15, 0.2) is 24.3 Å². The number of hydrogen-bond donors (Lipinski definition) is 1. The maximum absolute atomic E-state index is 12.3. The van der Waals surface area contributed by atoms with E-state index in [9.17, 15) is 19.2 Å². The summed E-state index contributed by atoms with van der Waals surface area (Å²) < 4.78 is 31.7. The van der Waals surface area contributed by atoms with Crippen LogP contribution in [0.4, 0.5) is 5.69 Å². The number of methoxy groups -OCH3 is 1. The van der Waals surface area contributed by atoms with Gasteiger partial charge in [-0.05, 0) is 12.1 Å². The molecule has 1 aliphatic heterocycles. The van der Waals surface area contributed by atoms with E-state index in [2.05, 4.69) is 0 Å². The number of nitrogen functional groups attached to an aromatic ring is 1. The second kappa shape index (κ2) is 9.92. The summed E-state index contributed by atoms with van der Waals surface area (Å²) >= 11 is 0. The summed E-state index contributed by atoms with van der Waals surface area (Å²) in [4.78, 5) is 47.4. The molecule has 1 heterocycles. The van der Waals surface area contributed by atoms with Gasteiger partial charge in [-0.15, -0.1) is 0 Å². The second-order valence-electron chi connectivity index (χ2n) is 6.33. The fourth-order valence-corrected chi connectivity index (χ4v) is 2.89. The van der Waals surface area contributed by atoms with Gasteiger partial charge in [0.1, 0.15) is 5.75 Å². The lowest BCUT2D eigenvalue weighted by Gasteiger charge is -2.43. The van der Waals surface area contributed by atoms with Crippen LogP contribution >= 0.6 is 0 Å². The molecule has 1 aromatic carbocycles. The molecule has 0 aliphatic carbocycles. The Labute approximate surface area is 172 Å². The summed E-state index contributed by atoms with van der Waals surface area (Å²) in [6, 6.07) is 6.39. The molecule has 1 aliphatic rings. The first-order chi connectivity index (χ1) is 14.1. The molecule has 2 N–H and O–H groups in total. The Hall–Kier alpha value is -3.34. The van der Waals surface area contributed by atoms with E-state index in [4.69, 9.17) is 34.2 Å². The molecule has 5 atom stereocenters. The third kappa shape index (κ3) is 5.60. The quantitative estimate of drug-likeness (QED) is 0.382. The fourth-order valence-electron chi connectivity index (χ4n) is 2.89. The van der Waals surface area contributed by atoms with Crippen LogP contribution in [0.1, 0.15) is 20.8 Å². The highest BCUT2D eigenvalue weighted by molar-refractivity contribution is 5.77. The zero-order chi connectivity index (χ0) is 22.4. The number of esters is 4. The molecule has 0 saturated carbocycles. The van der Waals surface area contributed by atoms with E-state index in [1.54, 1.807) is 18.2 Å². The molecule has 30 heavy (non-hydrogen) atoms. The lowest BCUT2D eigenvalue weighted by Crippen LogP contribution is -2.64. The number of hydrogen-bond acceptors (Lipinski definition) is 11. The topological polar surface area (TPSA) is 150 Å². The van der Waals surface area contributed by atoms with Crippen molar-refractivity contribution < 1.29 is 47.6 Å². The van der Waals surface area contributed by atoms with Crippen LogP contribution in [0.5, 0.6) is 5.75 Å². The minimum Gasteiger partial charge on any atom is -0.467 e. The standard InChI is InChI=1S/C19H23NO10/c1-9(21)26-14-15(27-10(2)22)17(28-11(3)23)19(30-16(14)18(24)25-4)29-13-8-6-5-7-12(13)20/h5-8,14-17,19H,20H2,1-4H3/t14-,15-,16-,17+,19+/m0/s1. The van der Waals surface area contributed by atoms with Gasteiger partial charge in [0.15, 0.2) is 18.3 Å². The molecule has 11 nitrogen and oxygen atoms in total. The predicted octanol–water partition coefficient (Wildman–Crippen LogP) is 0.341. The van der Waals surface area contributed by atoms with Gasteiger partial charge in [-0.1, -0.05) is 12.1 Å². The fraction of sp³-hybridized carbons (Fsp3) is 0.474. The van der Waals surface area contributed by atoms with Crippen molar-refractivity contribution in [3.63, 3.8) is 0 Å². The molecule has 1 saturated heterocycles. The molecular weight excluding hydrogens is 402 g/mol. The third-order valence-corrected chi connectivity index (χ3v) is 4.00. The van der Waals surface area contributed by atoms with E-state index in [0.717, 1.165) is 27.9 Å². The Bertz CT molecular complexity index is 810. The molecule has 0 spiro atoms. The minimum atomic E-state index is -1.54. The Balaban J connectivity index is 2.51. The van der Waals surface area contributed by atoms with E-state index < -0.39 is 54.6 Å². The largest absolute Gasteiger partial charge is 0.467 e. The van der Waals surface area contributed by atoms with Gasteiger partial charge in [0, 0.05) is 20.8 Å². The van der Waals surface area contributed by atoms with Crippen LogP contribution in [0.25, 0.3) is 0 Å². The van der Waals surface area contributed by atoms with E-state index in [0.29, 0.717) is 0 Å². The summed E-state index contributed by atoms with van der Waals surface area (Å²) in [5, 5.41) is 0. The first-order valence-electron chi connectivity index (χ1n) is 8.90. The lowest BCUT2D eigenvalue weighted by molar-refractivity contribution is -0.282. The third-order valence-electron chi connectivity index (χ3n) is 4.00. The number of carbonyl (C=O) groups excluding carboxylic acids is 4. The summed E-state index contributed by atoms with van der Waals surface area (Å²) in [7, 11) is 1.10. The average molecular weight is 425 g/mol. The summed E-state index contributed by atoms with van der Waals surface area (Å²) in [6.07, 6.45) is -7.26. The number of benzene rings is 1. The normalized spacial score (nSPS) is 25.5. The van der Waals surface area contributed by atoms with E-state index in [1.807, 2.05) is 0 Å². The number of nitrogens with two attached hydrogens (primary N) is 1. The van der Waals surface area contributed by atoms with Crippen LogP contribution in [0.3, 0.4) is 0 Å². The monoisotopic (exact) mass is 425 g/mol. The Morgan fingerprint density at radius 3 is 1.93 bits per heavy atom. The van der Waals surface area contributed by atoms with Crippen LogP contribution in [-0.2, 0) is 42.9 Å². The summed E-state index contributed by atoms with van der Waals surface area (Å²) in [6.45, 7) is 3.31. The van der Waals surface area contributed by atoms with Crippen molar-refractivity contribution in [3.05, 3.63) is 24.3 Å². The van der Waals surface area contributed by atoms with Crippen molar-refractivity contribution in [1.29, 1.82) is 0 Å². The smallest absolute Gasteiger partial charge is 0.339 e. The highest BCUT2D eigenvalue weighted by Crippen LogP contribution is 2.32. The van der Waals surface area contributed by atoms with Gasteiger partial charge in [0.25, 0.3) is 0 Å². The number of carbonyl (C=O) groups is 4. The maximum Gasteiger partial charge on any atom is 0.339 e. The first-order valence-corrected chi connectivity index (χ1v) is 8.90. The second-order valence-corrected chi connectivity index (χ2v) is 6.33. The molecule has 164 valence electrons. The number of rotatable bonds is 6. The number of ether oxygens (including phenoxy) is 6. The molecule has 1 fully saturated rings. The molecular formula is C19H23NO10. The first kappa shape index (κ1) is 22.9. The molecule has 1 aromatic rings. The highest BCUT2D eigenvalue weighted by atomic mass is 16.7. The van der Waals surface area contributed by atoms with Crippen LogP contribution < -0.4 is 10.5 Å². The van der Waals surface area contributed by atoms with Crippen molar-refractivity contribution >= 4 is 29.6 Å². The Morgan fingerprint density at radius 1 is 0.867 bits per heavy atom. The van der Waals surface area contributed by atoms with Gasteiger partial charge in [-0.25, -0.2) is 4.79 Å². The lowest BCUT2D eigenvalue weighted by atomic mass is 9.97. The Morgan fingerprint density at radius 2 is 1.40 bits per heavy atom. The molecule has 0 bridgehead atoms. The van der Waals surface area contributed by atoms with Crippen molar-refractivity contribution in [2.45, 2.75) is 51.5 Å². The van der Waals surface area contributed by atoms with Gasteiger partial charge < -0.3 is 34.2 Å². The zero-order valence-electron chi connectivity index (χ0n) is 16.9. The number of anilines is 1. The van der Waals surface area contributed by atoms with Gasteiger partial charge in [-0.3, -0.25) is 14.4 Å².